The number of hydrogen-bond acceptors (Lipinski definition) is 3. The molecule has 3 heteroatoms. The second kappa shape index (κ2) is 6.31. The van der Waals surface area contributed by atoms with E-state index in [1.54, 1.807) is 30.4 Å². The van der Waals surface area contributed by atoms with Gasteiger partial charge in [-0.15, -0.1) is 0 Å². The van der Waals surface area contributed by atoms with Crippen LogP contribution in [-0.2, 0) is 4.79 Å². The minimum absolute atomic E-state index is 0.126. The van der Waals surface area contributed by atoms with E-state index in [0.29, 0.717) is 12.0 Å². The Labute approximate surface area is 94.0 Å². The lowest BCUT2D eigenvalue weighted by Gasteiger charge is -2.01. The Morgan fingerprint density at radius 1 is 1.38 bits per heavy atom. The molecule has 0 aliphatic heterocycles. The summed E-state index contributed by atoms with van der Waals surface area (Å²) in [4.78, 5) is 21.7. The summed E-state index contributed by atoms with van der Waals surface area (Å²) in [6.45, 7) is 0. The lowest BCUT2D eigenvalue weighted by molar-refractivity contribution is -0.107. The van der Waals surface area contributed by atoms with Crippen molar-refractivity contribution in [1.82, 2.24) is 0 Å². The second-order valence-corrected chi connectivity index (χ2v) is 3.15. The molecular weight excluding hydrogens is 202 g/mol. The van der Waals surface area contributed by atoms with Crippen LogP contribution in [0.25, 0.3) is 6.08 Å². The van der Waals surface area contributed by atoms with Gasteiger partial charge in [0.25, 0.3) is 0 Å². The van der Waals surface area contributed by atoms with Crippen molar-refractivity contribution >= 4 is 18.1 Å². The third kappa shape index (κ3) is 3.18. The van der Waals surface area contributed by atoms with Crippen LogP contribution in [0.3, 0.4) is 0 Å². The number of carbonyl (C=O) groups excluding carboxylic acids is 2. The number of nitriles is 1. The Kier molecular flexibility index (Phi) is 4.68. The Morgan fingerprint density at radius 3 is 2.81 bits per heavy atom. The number of ketones is 1. The average Bonchev–Trinajstić information content (AvgIpc) is 2.30. The highest BCUT2D eigenvalue weighted by molar-refractivity contribution is 6.00. The molecule has 0 fully saturated rings. The van der Waals surface area contributed by atoms with E-state index < -0.39 is 0 Å². The zero-order valence-corrected chi connectivity index (χ0v) is 8.72. The molecule has 0 unspecified atom stereocenters. The highest BCUT2D eigenvalue weighted by Gasteiger charge is 2.07. The van der Waals surface area contributed by atoms with Crippen LogP contribution in [0.4, 0.5) is 0 Å². The lowest BCUT2D eigenvalue weighted by atomic mass is 10.0. The summed E-state index contributed by atoms with van der Waals surface area (Å²) in [7, 11) is 0. The van der Waals surface area contributed by atoms with Gasteiger partial charge in [0, 0.05) is 12.0 Å². The summed E-state index contributed by atoms with van der Waals surface area (Å²) in [5, 5.41) is 8.47. The third-order valence-corrected chi connectivity index (χ3v) is 2.03. The van der Waals surface area contributed by atoms with E-state index in [1.807, 2.05) is 12.1 Å². The monoisotopic (exact) mass is 213 g/mol. The number of Topliss-reactive ketones (excluding diaryl/α,β-unsaturated/α-hetero) is 1. The molecule has 0 aliphatic rings. The molecule has 0 atom stereocenters. The van der Waals surface area contributed by atoms with Crippen LogP contribution in [0.2, 0.25) is 0 Å². The Hall–Kier alpha value is -2.21. The summed E-state index contributed by atoms with van der Waals surface area (Å²) >= 11 is 0. The molecule has 3 nitrogen and oxygen atoms in total. The highest BCUT2D eigenvalue weighted by atomic mass is 16.1. The number of benzene rings is 1. The van der Waals surface area contributed by atoms with E-state index in [1.165, 1.54) is 0 Å². The Morgan fingerprint density at radius 2 is 2.12 bits per heavy atom. The SMILES string of the molecule is N#CCC(=O)c1ccccc1C=CCC=O. The summed E-state index contributed by atoms with van der Waals surface area (Å²) in [5.41, 5.74) is 1.26. The third-order valence-electron chi connectivity index (χ3n) is 2.03. The maximum atomic E-state index is 11.6. The van der Waals surface area contributed by atoms with Gasteiger partial charge in [0.1, 0.15) is 6.29 Å². The predicted molar refractivity (Wildman–Crippen MR) is 60.7 cm³/mol. The zero-order valence-electron chi connectivity index (χ0n) is 8.72. The van der Waals surface area contributed by atoms with Gasteiger partial charge in [0.15, 0.2) is 5.78 Å². The molecule has 0 bridgehead atoms. The van der Waals surface area contributed by atoms with Gasteiger partial charge in [-0.25, -0.2) is 0 Å². The van der Waals surface area contributed by atoms with E-state index in [0.717, 1.165) is 11.8 Å². The van der Waals surface area contributed by atoms with Crippen molar-refractivity contribution in [2.24, 2.45) is 0 Å². The van der Waals surface area contributed by atoms with Crippen LogP contribution in [-0.4, -0.2) is 12.1 Å². The van der Waals surface area contributed by atoms with Crippen molar-refractivity contribution < 1.29 is 9.59 Å². The van der Waals surface area contributed by atoms with Crippen LogP contribution in [0.15, 0.2) is 30.3 Å². The molecule has 0 saturated heterocycles. The van der Waals surface area contributed by atoms with Gasteiger partial charge in [0.2, 0.25) is 0 Å². The fraction of sp³-hybridized carbons (Fsp3) is 0.154. The quantitative estimate of drug-likeness (QED) is 0.557. The van der Waals surface area contributed by atoms with Gasteiger partial charge in [-0.3, -0.25) is 4.79 Å². The molecule has 0 amide bonds. The first-order valence-electron chi connectivity index (χ1n) is 4.89. The number of rotatable bonds is 5. The molecular formula is C13H11NO2. The standard InChI is InChI=1S/C13H11NO2/c14-9-8-13(16)12-7-2-1-5-11(12)6-3-4-10-15/h1-3,5-7,10H,4,8H2. The van der Waals surface area contributed by atoms with Crippen molar-refractivity contribution in [3.8, 4) is 6.07 Å². The largest absolute Gasteiger partial charge is 0.303 e. The van der Waals surface area contributed by atoms with E-state index in [2.05, 4.69) is 0 Å². The minimum atomic E-state index is -0.200. The molecule has 1 aromatic rings. The molecule has 16 heavy (non-hydrogen) atoms. The summed E-state index contributed by atoms with van der Waals surface area (Å²) in [6.07, 6.45) is 4.39. The normalized spacial score (nSPS) is 9.94. The van der Waals surface area contributed by atoms with Gasteiger partial charge < -0.3 is 4.79 Å². The predicted octanol–water partition coefficient (Wildman–Crippen LogP) is 2.39. The van der Waals surface area contributed by atoms with Crippen LogP contribution in [0.1, 0.15) is 28.8 Å². The van der Waals surface area contributed by atoms with E-state index in [-0.39, 0.29) is 12.2 Å². The van der Waals surface area contributed by atoms with Crippen molar-refractivity contribution in [2.75, 3.05) is 0 Å². The van der Waals surface area contributed by atoms with Crippen molar-refractivity contribution in [3.63, 3.8) is 0 Å². The molecule has 80 valence electrons. The maximum Gasteiger partial charge on any atom is 0.177 e. The Bertz CT molecular complexity index is 455. The zero-order chi connectivity index (χ0) is 11.8. The molecule has 0 heterocycles. The highest BCUT2D eigenvalue weighted by Crippen LogP contribution is 2.13. The molecule has 1 rings (SSSR count). The molecule has 0 N–H and O–H groups in total. The molecule has 1 aromatic carbocycles. The van der Waals surface area contributed by atoms with Crippen LogP contribution < -0.4 is 0 Å². The van der Waals surface area contributed by atoms with Gasteiger partial charge in [-0.05, 0) is 5.56 Å². The molecule has 0 spiro atoms. The van der Waals surface area contributed by atoms with E-state index in [4.69, 9.17) is 5.26 Å². The second-order valence-electron chi connectivity index (χ2n) is 3.15. The molecule has 0 saturated carbocycles. The Balaban J connectivity index is 2.96. The summed E-state index contributed by atoms with van der Waals surface area (Å²) in [6, 6.07) is 8.86. The first kappa shape index (κ1) is 11.9. The fourth-order valence-corrected chi connectivity index (χ4v) is 1.31. The first-order chi connectivity index (χ1) is 7.79. The molecule has 0 aromatic heterocycles. The maximum absolute atomic E-state index is 11.6. The number of nitrogens with zero attached hydrogens (tertiary/aromatic N) is 1. The van der Waals surface area contributed by atoms with Crippen LogP contribution in [0, 0.1) is 11.3 Å². The fourth-order valence-electron chi connectivity index (χ4n) is 1.31. The van der Waals surface area contributed by atoms with Crippen molar-refractivity contribution in [3.05, 3.63) is 41.5 Å². The minimum Gasteiger partial charge on any atom is -0.303 e. The molecule has 0 radical (unpaired) electrons. The van der Waals surface area contributed by atoms with Gasteiger partial charge >= 0.3 is 0 Å². The number of carbonyl (C=O) groups is 2. The average molecular weight is 213 g/mol. The number of allylic oxidation sites excluding steroid dienone is 1. The summed E-state index contributed by atoms with van der Waals surface area (Å²) in [5.74, 6) is -0.200. The number of hydrogen-bond donors (Lipinski definition) is 0. The van der Waals surface area contributed by atoms with Crippen LogP contribution in [0.5, 0.6) is 0 Å². The van der Waals surface area contributed by atoms with Gasteiger partial charge in [-0.2, -0.15) is 5.26 Å². The number of aldehydes is 1. The summed E-state index contributed by atoms with van der Waals surface area (Å²) < 4.78 is 0. The van der Waals surface area contributed by atoms with Crippen molar-refractivity contribution in [1.29, 1.82) is 5.26 Å². The topological polar surface area (TPSA) is 57.9 Å². The van der Waals surface area contributed by atoms with E-state index in [9.17, 15) is 9.59 Å². The van der Waals surface area contributed by atoms with Gasteiger partial charge in [0.05, 0.1) is 12.5 Å². The van der Waals surface area contributed by atoms with E-state index >= 15 is 0 Å². The van der Waals surface area contributed by atoms with Gasteiger partial charge in [-0.1, -0.05) is 36.4 Å². The molecule has 0 aliphatic carbocycles. The first-order valence-corrected chi connectivity index (χ1v) is 4.89. The lowest BCUT2D eigenvalue weighted by Crippen LogP contribution is -1.99. The smallest absolute Gasteiger partial charge is 0.177 e. The van der Waals surface area contributed by atoms with Crippen molar-refractivity contribution in [2.45, 2.75) is 12.8 Å². The van der Waals surface area contributed by atoms with Crippen LogP contribution >= 0.6 is 0 Å².